The van der Waals surface area contributed by atoms with E-state index >= 15 is 0 Å². The van der Waals surface area contributed by atoms with E-state index < -0.39 is 11.7 Å². The lowest BCUT2D eigenvalue weighted by atomic mass is 9.64. The normalized spacial score (nSPS) is 31.6. The van der Waals surface area contributed by atoms with Gasteiger partial charge in [0.25, 0.3) is 0 Å². The molecule has 0 spiro atoms. The summed E-state index contributed by atoms with van der Waals surface area (Å²) in [5, 5.41) is 0. The third kappa shape index (κ3) is 5.12. The molecular formula is C29H43F3N6O2. The standard InChI is InChI=1S/C29H43F3N6O2/c1-35(2)22-9-7-19(8-10-22)20-11-24(29(30,31)32)25-15-37(27(39)38(25)14-20)23-6-4-5-21(12-23)28(16-40-17-28)13-26-34-33-18-36(26)3/h11,14-15,19,21-23,26,33-34H,4-10,12-13,16-18H2,1-3H3. The Hall–Kier alpha value is -1.92. The molecular weight excluding hydrogens is 521 g/mol. The van der Waals surface area contributed by atoms with Crippen LogP contribution >= 0.6 is 0 Å². The number of rotatable bonds is 6. The quantitative estimate of drug-likeness (QED) is 0.549. The monoisotopic (exact) mass is 564 g/mol. The van der Waals surface area contributed by atoms with Crippen molar-refractivity contribution >= 4 is 5.52 Å². The van der Waals surface area contributed by atoms with Crippen LogP contribution in [0.2, 0.25) is 0 Å². The summed E-state index contributed by atoms with van der Waals surface area (Å²) in [6.07, 6.45) is 6.95. The minimum atomic E-state index is -4.53. The van der Waals surface area contributed by atoms with Crippen LogP contribution in [0.4, 0.5) is 13.2 Å². The lowest BCUT2D eigenvalue weighted by Gasteiger charge is -2.51. The summed E-state index contributed by atoms with van der Waals surface area (Å²) in [7, 11) is 6.19. The summed E-state index contributed by atoms with van der Waals surface area (Å²) in [5.41, 5.74) is 6.12. The SMILES string of the molecule is CN(C)C1CCC(c2cc(C(F)(F)F)c3cn(C4CCCC(C5(CC6NNCN6C)COC5)C4)c(=O)n3c2)CC1. The van der Waals surface area contributed by atoms with Gasteiger partial charge in [-0.05, 0) is 96.0 Å². The molecule has 0 radical (unpaired) electrons. The highest BCUT2D eigenvalue weighted by atomic mass is 19.4. The van der Waals surface area contributed by atoms with Crippen LogP contribution in [0.15, 0.2) is 23.3 Å². The summed E-state index contributed by atoms with van der Waals surface area (Å²) < 4.78 is 51.7. The average Bonchev–Trinajstić information content (AvgIpc) is 3.47. The number of alkyl halides is 3. The zero-order valence-electron chi connectivity index (χ0n) is 23.8. The molecule has 3 unspecified atom stereocenters. The molecule has 2 saturated heterocycles. The van der Waals surface area contributed by atoms with E-state index in [2.05, 4.69) is 41.8 Å². The summed E-state index contributed by atoms with van der Waals surface area (Å²) in [6.45, 7) is 2.17. The Bertz CT molecular complexity index is 1260. The van der Waals surface area contributed by atoms with Crippen LogP contribution in [0.25, 0.3) is 5.52 Å². The topological polar surface area (TPSA) is 66.2 Å². The van der Waals surface area contributed by atoms with Crippen LogP contribution in [0.1, 0.15) is 80.9 Å². The number of nitrogens with one attached hydrogen (secondary N) is 2. The molecule has 11 heteroatoms. The second kappa shape index (κ2) is 10.7. The lowest BCUT2D eigenvalue weighted by molar-refractivity contribution is -0.167. The molecule has 2 N–H and O–H groups in total. The fourth-order valence-corrected chi connectivity index (χ4v) is 7.82. The molecule has 0 aromatic carbocycles. The first kappa shape index (κ1) is 28.2. The maximum atomic E-state index is 14.4. The highest BCUT2D eigenvalue weighted by Gasteiger charge is 2.49. The molecule has 8 nitrogen and oxygen atoms in total. The largest absolute Gasteiger partial charge is 0.418 e. The van der Waals surface area contributed by atoms with Crippen molar-refractivity contribution in [1.29, 1.82) is 0 Å². The summed E-state index contributed by atoms with van der Waals surface area (Å²) in [6, 6.07) is 1.65. The van der Waals surface area contributed by atoms with E-state index in [4.69, 9.17) is 4.74 Å². The molecule has 2 aromatic heterocycles. The number of hydrogen-bond donors (Lipinski definition) is 2. The molecule has 2 aliphatic heterocycles. The number of nitrogens with zero attached hydrogens (tertiary/aromatic N) is 4. The van der Waals surface area contributed by atoms with E-state index in [1.807, 2.05) is 0 Å². The highest BCUT2D eigenvalue weighted by molar-refractivity contribution is 5.56. The van der Waals surface area contributed by atoms with E-state index in [1.165, 1.54) is 16.7 Å². The third-order valence-electron chi connectivity index (χ3n) is 10.4. The van der Waals surface area contributed by atoms with Crippen LogP contribution < -0.4 is 16.5 Å². The number of halogens is 3. The predicted molar refractivity (Wildman–Crippen MR) is 147 cm³/mol. The van der Waals surface area contributed by atoms with E-state index in [-0.39, 0.29) is 34.7 Å². The molecule has 0 bridgehead atoms. The minimum Gasteiger partial charge on any atom is -0.380 e. The van der Waals surface area contributed by atoms with Gasteiger partial charge >= 0.3 is 11.9 Å². The highest BCUT2D eigenvalue weighted by Crippen LogP contribution is 2.49. The molecule has 2 saturated carbocycles. The van der Waals surface area contributed by atoms with Crippen LogP contribution in [0.5, 0.6) is 0 Å². The number of imidazole rings is 1. The Morgan fingerprint density at radius 1 is 1.10 bits per heavy atom. The minimum absolute atomic E-state index is 0.0229. The van der Waals surface area contributed by atoms with Gasteiger partial charge in [0.05, 0.1) is 37.1 Å². The Kier molecular flexibility index (Phi) is 7.57. The molecule has 4 fully saturated rings. The number of aromatic nitrogens is 2. The van der Waals surface area contributed by atoms with Crippen LogP contribution in [0.3, 0.4) is 0 Å². The Labute approximate surface area is 233 Å². The van der Waals surface area contributed by atoms with E-state index in [0.717, 1.165) is 64.5 Å². The number of hydrogen-bond acceptors (Lipinski definition) is 6. The summed E-state index contributed by atoms with van der Waals surface area (Å²) in [5.74, 6) is 0.390. The van der Waals surface area contributed by atoms with Crippen LogP contribution in [0, 0.1) is 11.3 Å². The third-order valence-corrected chi connectivity index (χ3v) is 10.4. The molecule has 4 aliphatic rings. The van der Waals surface area contributed by atoms with Crippen molar-refractivity contribution in [2.75, 3.05) is 41.0 Å². The van der Waals surface area contributed by atoms with E-state index in [1.54, 1.807) is 10.8 Å². The van der Waals surface area contributed by atoms with Gasteiger partial charge in [-0.15, -0.1) is 0 Å². The second-order valence-electron chi connectivity index (χ2n) is 13.1. The maximum Gasteiger partial charge on any atom is 0.418 e. The van der Waals surface area contributed by atoms with Gasteiger partial charge in [0.1, 0.15) is 0 Å². The van der Waals surface area contributed by atoms with Crippen molar-refractivity contribution in [1.82, 2.24) is 29.6 Å². The smallest absolute Gasteiger partial charge is 0.380 e. The fourth-order valence-electron chi connectivity index (χ4n) is 7.82. The average molecular weight is 565 g/mol. The number of hydrazine groups is 1. The van der Waals surface area contributed by atoms with Crippen molar-refractivity contribution in [3.63, 3.8) is 0 Å². The Morgan fingerprint density at radius 2 is 1.85 bits per heavy atom. The van der Waals surface area contributed by atoms with Gasteiger partial charge in [0, 0.05) is 29.9 Å². The van der Waals surface area contributed by atoms with Crippen molar-refractivity contribution < 1.29 is 17.9 Å². The number of pyridine rings is 1. The summed E-state index contributed by atoms with van der Waals surface area (Å²) >= 11 is 0. The first-order valence-electron chi connectivity index (χ1n) is 14.8. The fraction of sp³-hybridized carbons (Fsp3) is 0.759. The predicted octanol–water partition coefficient (Wildman–Crippen LogP) is 4.17. The summed E-state index contributed by atoms with van der Waals surface area (Å²) in [4.78, 5) is 18.2. The molecule has 222 valence electrons. The molecule has 40 heavy (non-hydrogen) atoms. The van der Waals surface area contributed by atoms with Gasteiger partial charge in [0.15, 0.2) is 0 Å². The van der Waals surface area contributed by atoms with Gasteiger partial charge in [-0.2, -0.15) is 13.2 Å². The molecule has 4 heterocycles. The zero-order chi connectivity index (χ0) is 28.2. The van der Waals surface area contributed by atoms with Crippen molar-refractivity contribution in [2.24, 2.45) is 11.3 Å². The van der Waals surface area contributed by atoms with Gasteiger partial charge in [0.2, 0.25) is 0 Å². The Morgan fingerprint density at radius 3 is 2.45 bits per heavy atom. The molecule has 6 rings (SSSR count). The van der Waals surface area contributed by atoms with Crippen molar-refractivity contribution in [3.05, 3.63) is 40.1 Å². The molecule has 3 atom stereocenters. The van der Waals surface area contributed by atoms with Crippen molar-refractivity contribution in [2.45, 2.75) is 88.1 Å². The van der Waals surface area contributed by atoms with E-state index in [9.17, 15) is 18.0 Å². The van der Waals surface area contributed by atoms with Gasteiger partial charge in [-0.1, -0.05) is 6.42 Å². The first-order valence-corrected chi connectivity index (χ1v) is 14.8. The van der Waals surface area contributed by atoms with Gasteiger partial charge in [-0.25, -0.2) is 15.6 Å². The van der Waals surface area contributed by atoms with E-state index in [0.29, 0.717) is 30.7 Å². The van der Waals surface area contributed by atoms with Gasteiger partial charge in [-0.3, -0.25) is 13.9 Å². The van der Waals surface area contributed by atoms with Crippen molar-refractivity contribution in [3.8, 4) is 0 Å². The zero-order valence-corrected chi connectivity index (χ0v) is 23.8. The molecule has 2 aliphatic carbocycles. The molecule has 2 aromatic rings. The molecule has 0 amide bonds. The van der Waals surface area contributed by atoms with Crippen LogP contribution in [-0.4, -0.2) is 72.0 Å². The number of ether oxygens (including phenoxy) is 1. The van der Waals surface area contributed by atoms with Crippen LogP contribution in [-0.2, 0) is 10.9 Å². The number of fused-ring (bicyclic) bond motifs is 1. The Balaban J connectivity index is 1.29. The van der Waals surface area contributed by atoms with Gasteiger partial charge < -0.3 is 9.64 Å². The maximum absolute atomic E-state index is 14.4. The lowest BCUT2D eigenvalue weighted by Crippen LogP contribution is -2.54. The first-order chi connectivity index (χ1) is 19.1. The second-order valence-corrected chi connectivity index (χ2v) is 13.1.